The highest BCUT2D eigenvalue weighted by Gasteiger charge is 2.50. The molecule has 0 aromatic carbocycles. The third-order valence-corrected chi connectivity index (χ3v) is 6.51. The van der Waals surface area contributed by atoms with Crippen LogP contribution in [0.1, 0.15) is 57.8 Å². The van der Waals surface area contributed by atoms with Crippen molar-refractivity contribution in [2.24, 2.45) is 23.2 Å². The maximum atomic E-state index is 3.98. The summed E-state index contributed by atoms with van der Waals surface area (Å²) in [6.45, 7) is 3.79. The van der Waals surface area contributed by atoms with E-state index in [2.05, 4.69) is 10.6 Å². The molecule has 4 bridgehead atoms. The normalized spacial score (nSPS) is 49.3. The predicted molar refractivity (Wildman–Crippen MR) is 79.1 cm³/mol. The van der Waals surface area contributed by atoms with Gasteiger partial charge >= 0.3 is 0 Å². The summed E-state index contributed by atoms with van der Waals surface area (Å²) in [7, 11) is 0. The van der Waals surface area contributed by atoms with Gasteiger partial charge in [-0.1, -0.05) is 0 Å². The van der Waals surface area contributed by atoms with Gasteiger partial charge < -0.3 is 10.6 Å². The van der Waals surface area contributed by atoms with E-state index in [1.54, 1.807) is 38.5 Å². The van der Waals surface area contributed by atoms with E-state index in [1.807, 2.05) is 0 Å². The zero-order chi connectivity index (χ0) is 12.7. The molecule has 4 aliphatic carbocycles. The SMILES string of the molecule is C1CNCCC(NCC23CC4CC(CC(C4)C2)C3)C1. The first kappa shape index (κ1) is 12.6. The Hall–Kier alpha value is -0.0800. The summed E-state index contributed by atoms with van der Waals surface area (Å²) in [5, 5.41) is 7.51. The first-order valence-corrected chi connectivity index (χ1v) is 8.75. The molecule has 0 radical (unpaired) electrons. The summed E-state index contributed by atoms with van der Waals surface area (Å²) in [5.74, 6) is 3.30. The Kier molecular flexibility index (Phi) is 3.35. The monoisotopic (exact) mass is 262 g/mol. The molecule has 5 rings (SSSR count). The lowest BCUT2D eigenvalue weighted by molar-refractivity contribution is -0.0526. The maximum Gasteiger partial charge on any atom is 0.00798 e. The van der Waals surface area contributed by atoms with Crippen LogP contribution in [0, 0.1) is 23.2 Å². The van der Waals surface area contributed by atoms with Gasteiger partial charge in [0, 0.05) is 12.6 Å². The highest BCUT2D eigenvalue weighted by Crippen LogP contribution is 2.59. The number of hydrogen-bond donors (Lipinski definition) is 2. The highest BCUT2D eigenvalue weighted by molar-refractivity contribution is 5.02. The van der Waals surface area contributed by atoms with Gasteiger partial charge in [-0.25, -0.2) is 0 Å². The highest BCUT2D eigenvalue weighted by atomic mass is 15.0. The van der Waals surface area contributed by atoms with Gasteiger partial charge in [0.05, 0.1) is 0 Å². The van der Waals surface area contributed by atoms with E-state index in [9.17, 15) is 0 Å². The number of rotatable bonds is 3. The molecule has 4 saturated carbocycles. The van der Waals surface area contributed by atoms with Crippen LogP contribution in [0.4, 0.5) is 0 Å². The predicted octanol–water partition coefficient (Wildman–Crippen LogP) is 2.93. The molecule has 1 saturated heterocycles. The van der Waals surface area contributed by atoms with Gasteiger partial charge in [-0.3, -0.25) is 0 Å². The molecule has 108 valence electrons. The van der Waals surface area contributed by atoms with Gasteiger partial charge in [0.1, 0.15) is 0 Å². The first-order valence-electron chi connectivity index (χ1n) is 8.75. The van der Waals surface area contributed by atoms with Crippen molar-refractivity contribution < 1.29 is 0 Å². The minimum absolute atomic E-state index is 0.717. The Morgan fingerprint density at radius 3 is 2.26 bits per heavy atom. The Bertz CT molecular complexity index is 282. The van der Waals surface area contributed by atoms with Crippen LogP contribution in [0.5, 0.6) is 0 Å². The Labute approximate surface area is 118 Å². The summed E-state index contributed by atoms with van der Waals surface area (Å²) in [5.41, 5.74) is 0.717. The molecule has 2 nitrogen and oxygen atoms in total. The van der Waals surface area contributed by atoms with Gasteiger partial charge in [-0.05, 0) is 94.0 Å². The van der Waals surface area contributed by atoms with Gasteiger partial charge in [-0.2, -0.15) is 0 Å². The molecule has 1 atom stereocenters. The van der Waals surface area contributed by atoms with E-state index in [4.69, 9.17) is 0 Å². The van der Waals surface area contributed by atoms with Crippen LogP contribution in [0.25, 0.3) is 0 Å². The molecule has 19 heavy (non-hydrogen) atoms. The fourth-order valence-electron chi connectivity index (χ4n) is 6.09. The second kappa shape index (κ2) is 5.04. The third kappa shape index (κ3) is 2.58. The van der Waals surface area contributed by atoms with Crippen molar-refractivity contribution in [3.63, 3.8) is 0 Å². The van der Waals surface area contributed by atoms with Crippen molar-refractivity contribution >= 4 is 0 Å². The van der Waals surface area contributed by atoms with Crippen LogP contribution >= 0.6 is 0 Å². The number of hydrogen-bond acceptors (Lipinski definition) is 2. The average Bonchev–Trinajstić information content (AvgIpc) is 2.63. The maximum absolute atomic E-state index is 3.98. The second-order valence-electron chi connectivity index (χ2n) is 8.18. The molecular weight excluding hydrogens is 232 g/mol. The van der Waals surface area contributed by atoms with Crippen LogP contribution in [0.2, 0.25) is 0 Å². The molecule has 0 amide bonds. The molecule has 0 aromatic rings. The fourth-order valence-corrected chi connectivity index (χ4v) is 6.09. The van der Waals surface area contributed by atoms with Gasteiger partial charge in [0.15, 0.2) is 0 Å². The van der Waals surface area contributed by atoms with Crippen molar-refractivity contribution in [2.75, 3.05) is 19.6 Å². The van der Waals surface area contributed by atoms with E-state index >= 15 is 0 Å². The number of nitrogens with one attached hydrogen (secondary N) is 2. The quantitative estimate of drug-likeness (QED) is 0.817. The Morgan fingerprint density at radius 2 is 1.58 bits per heavy atom. The summed E-state index contributed by atoms with van der Waals surface area (Å²) in [4.78, 5) is 0. The largest absolute Gasteiger partial charge is 0.317 e. The lowest BCUT2D eigenvalue weighted by atomic mass is 9.49. The van der Waals surface area contributed by atoms with E-state index in [0.29, 0.717) is 5.41 Å². The van der Waals surface area contributed by atoms with Crippen molar-refractivity contribution in [3.05, 3.63) is 0 Å². The molecule has 5 fully saturated rings. The van der Waals surface area contributed by atoms with E-state index in [1.165, 1.54) is 38.9 Å². The molecule has 5 aliphatic rings. The molecule has 1 unspecified atom stereocenters. The first-order chi connectivity index (χ1) is 9.31. The van der Waals surface area contributed by atoms with Gasteiger partial charge in [0.2, 0.25) is 0 Å². The molecular formula is C17H30N2. The molecule has 1 heterocycles. The standard InChI is InChI=1S/C17H30N2/c1-2-16(3-5-18-4-1)19-12-17-9-13-6-14(10-17)8-15(7-13)11-17/h13-16,18-19H,1-12H2. The van der Waals surface area contributed by atoms with Crippen LogP contribution in [-0.2, 0) is 0 Å². The van der Waals surface area contributed by atoms with Crippen LogP contribution in [0.15, 0.2) is 0 Å². The lowest BCUT2D eigenvalue weighted by Gasteiger charge is -2.57. The van der Waals surface area contributed by atoms with Crippen LogP contribution in [-0.4, -0.2) is 25.7 Å². The fraction of sp³-hybridized carbons (Fsp3) is 1.00. The van der Waals surface area contributed by atoms with Gasteiger partial charge in [0.25, 0.3) is 0 Å². The van der Waals surface area contributed by atoms with E-state index in [-0.39, 0.29) is 0 Å². The van der Waals surface area contributed by atoms with Gasteiger partial charge in [-0.15, -0.1) is 0 Å². The summed E-state index contributed by atoms with van der Waals surface area (Å²) in [6.07, 6.45) is 13.5. The zero-order valence-electron chi connectivity index (χ0n) is 12.3. The van der Waals surface area contributed by atoms with Crippen molar-refractivity contribution in [2.45, 2.75) is 63.8 Å². The second-order valence-corrected chi connectivity index (χ2v) is 8.18. The van der Waals surface area contributed by atoms with E-state index in [0.717, 1.165) is 23.8 Å². The minimum atomic E-state index is 0.717. The molecule has 2 N–H and O–H groups in total. The molecule has 1 aliphatic heterocycles. The topological polar surface area (TPSA) is 24.1 Å². The molecule has 0 aromatic heterocycles. The lowest BCUT2D eigenvalue weighted by Crippen LogP contribution is -2.51. The Balaban J connectivity index is 1.36. The third-order valence-electron chi connectivity index (χ3n) is 6.51. The summed E-state index contributed by atoms with van der Waals surface area (Å²) < 4.78 is 0. The Morgan fingerprint density at radius 1 is 0.895 bits per heavy atom. The zero-order valence-corrected chi connectivity index (χ0v) is 12.3. The van der Waals surface area contributed by atoms with Crippen molar-refractivity contribution in [1.29, 1.82) is 0 Å². The summed E-state index contributed by atoms with van der Waals surface area (Å²) >= 11 is 0. The smallest absolute Gasteiger partial charge is 0.00798 e. The van der Waals surface area contributed by atoms with Crippen LogP contribution < -0.4 is 10.6 Å². The van der Waals surface area contributed by atoms with Crippen LogP contribution in [0.3, 0.4) is 0 Å². The van der Waals surface area contributed by atoms with Crippen molar-refractivity contribution in [1.82, 2.24) is 10.6 Å². The minimum Gasteiger partial charge on any atom is -0.317 e. The molecule has 2 heteroatoms. The van der Waals surface area contributed by atoms with Crippen molar-refractivity contribution in [3.8, 4) is 0 Å². The summed E-state index contributed by atoms with van der Waals surface area (Å²) in [6, 6.07) is 0.794. The average molecular weight is 262 g/mol. The molecule has 0 spiro atoms. The van der Waals surface area contributed by atoms with E-state index < -0.39 is 0 Å².